The van der Waals surface area contributed by atoms with Gasteiger partial charge in [0.25, 0.3) is 0 Å². The molecular formula is C8H6Cl2N4. The fourth-order valence-electron chi connectivity index (χ4n) is 1.07. The number of nitrogens with zero attached hydrogens (tertiary/aromatic N) is 3. The average molecular weight is 229 g/mol. The number of nitrogens with one attached hydrogen (secondary N) is 1. The molecule has 0 aliphatic heterocycles. The number of pyridine rings is 1. The summed E-state index contributed by atoms with van der Waals surface area (Å²) in [7, 11) is 0. The van der Waals surface area contributed by atoms with Gasteiger partial charge in [-0.15, -0.1) is 0 Å². The molecule has 0 atom stereocenters. The Morgan fingerprint density at radius 1 is 1.14 bits per heavy atom. The maximum Gasteiger partial charge on any atom is 0.181 e. The van der Waals surface area contributed by atoms with Crippen molar-refractivity contribution in [1.82, 2.24) is 20.2 Å². The highest BCUT2D eigenvalue weighted by Crippen LogP contribution is 2.21. The van der Waals surface area contributed by atoms with Crippen molar-refractivity contribution in [3.8, 4) is 11.4 Å². The van der Waals surface area contributed by atoms with Crippen molar-refractivity contribution in [1.29, 1.82) is 0 Å². The van der Waals surface area contributed by atoms with Crippen LogP contribution in [0, 0.1) is 6.92 Å². The van der Waals surface area contributed by atoms with Crippen molar-refractivity contribution in [2.45, 2.75) is 6.92 Å². The number of rotatable bonds is 1. The smallest absolute Gasteiger partial charge is 0.181 e. The zero-order chi connectivity index (χ0) is 10.1. The molecule has 0 amide bonds. The van der Waals surface area contributed by atoms with E-state index in [1.807, 2.05) is 6.92 Å². The molecule has 2 heterocycles. The largest absolute Gasteiger partial charge is 0.263 e. The highest BCUT2D eigenvalue weighted by atomic mass is 35.5. The Balaban J connectivity index is 2.51. The third-order valence-corrected chi connectivity index (χ3v) is 2.01. The molecule has 2 rings (SSSR count). The number of aryl methyl sites for hydroxylation is 1. The van der Waals surface area contributed by atoms with Crippen LogP contribution in [0.3, 0.4) is 0 Å². The van der Waals surface area contributed by atoms with Crippen LogP contribution in [0.2, 0.25) is 10.3 Å². The Morgan fingerprint density at radius 2 is 1.79 bits per heavy atom. The number of aromatic nitrogens is 4. The molecule has 0 spiro atoms. The van der Waals surface area contributed by atoms with Gasteiger partial charge in [0, 0.05) is 5.56 Å². The lowest BCUT2D eigenvalue weighted by Crippen LogP contribution is -1.84. The lowest BCUT2D eigenvalue weighted by Gasteiger charge is -1.96. The second-order valence-corrected chi connectivity index (χ2v) is 3.52. The van der Waals surface area contributed by atoms with Crippen LogP contribution in [-0.4, -0.2) is 20.2 Å². The lowest BCUT2D eigenvalue weighted by molar-refractivity contribution is 1.04. The van der Waals surface area contributed by atoms with E-state index >= 15 is 0 Å². The maximum absolute atomic E-state index is 5.75. The summed E-state index contributed by atoms with van der Waals surface area (Å²) in [5.41, 5.74) is 0.749. The minimum absolute atomic E-state index is 0.329. The number of halogens is 2. The first-order chi connectivity index (χ1) is 6.65. The first kappa shape index (κ1) is 9.43. The van der Waals surface area contributed by atoms with Crippen molar-refractivity contribution in [3.63, 3.8) is 0 Å². The number of aromatic amines is 1. The van der Waals surface area contributed by atoms with Crippen LogP contribution >= 0.6 is 23.2 Å². The maximum atomic E-state index is 5.75. The SMILES string of the molecule is Cc1nc(-c2cc(Cl)nc(Cl)c2)n[nH]1. The van der Waals surface area contributed by atoms with Gasteiger partial charge < -0.3 is 0 Å². The Morgan fingerprint density at radius 3 is 2.29 bits per heavy atom. The molecule has 0 radical (unpaired) electrons. The van der Waals surface area contributed by atoms with Crippen LogP contribution in [0.25, 0.3) is 11.4 Å². The Labute approximate surface area is 90.3 Å². The van der Waals surface area contributed by atoms with Gasteiger partial charge in [0.1, 0.15) is 16.1 Å². The standard InChI is InChI=1S/C8H6Cl2N4/c1-4-11-8(14-13-4)5-2-6(9)12-7(10)3-5/h2-3H,1H3,(H,11,13,14). The normalized spacial score (nSPS) is 10.5. The average Bonchev–Trinajstić information content (AvgIpc) is 2.50. The van der Waals surface area contributed by atoms with Crippen molar-refractivity contribution >= 4 is 23.2 Å². The van der Waals surface area contributed by atoms with Crippen LogP contribution in [0.1, 0.15) is 5.82 Å². The molecule has 0 aliphatic rings. The first-order valence-corrected chi connectivity index (χ1v) is 4.63. The van der Waals surface area contributed by atoms with Gasteiger partial charge in [0.2, 0.25) is 0 Å². The molecule has 2 aromatic rings. The van der Waals surface area contributed by atoms with Gasteiger partial charge in [-0.25, -0.2) is 9.97 Å². The molecule has 0 aliphatic carbocycles. The Kier molecular flexibility index (Phi) is 2.39. The molecule has 14 heavy (non-hydrogen) atoms. The highest BCUT2D eigenvalue weighted by Gasteiger charge is 2.06. The summed E-state index contributed by atoms with van der Waals surface area (Å²) in [5.74, 6) is 1.30. The summed E-state index contributed by atoms with van der Waals surface area (Å²) in [6, 6.07) is 3.33. The molecule has 72 valence electrons. The fraction of sp³-hybridized carbons (Fsp3) is 0.125. The fourth-order valence-corrected chi connectivity index (χ4v) is 1.53. The number of hydrogen-bond acceptors (Lipinski definition) is 3. The lowest BCUT2D eigenvalue weighted by atomic mass is 10.2. The predicted octanol–water partition coefficient (Wildman–Crippen LogP) is 2.48. The zero-order valence-corrected chi connectivity index (χ0v) is 8.76. The van der Waals surface area contributed by atoms with E-state index in [1.165, 1.54) is 0 Å². The Hall–Kier alpha value is -1.13. The summed E-state index contributed by atoms with van der Waals surface area (Å²) in [5, 5.41) is 7.38. The molecule has 6 heteroatoms. The van der Waals surface area contributed by atoms with E-state index in [0.717, 1.165) is 11.4 Å². The topological polar surface area (TPSA) is 54.5 Å². The predicted molar refractivity (Wildman–Crippen MR) is 54.4 cm³/mol. The quantitative estimate of drug-likeness (QED) is 0.764. The summed E-state index contributed by atoms with van der Waals surface area (Å²) in [4.78, 5) is 7.98. The van der Waals surface area contributed by atoms with Gasteiger partial charge >= 0.3 is 0 Å². The molecule has 0 fully saturated rings. The second-order valence-electron chi connectivity index (χ2n) is 2.75. The third-order valence-electron chi connectivity index (χ3n) is 1.62. The van der Waals surface area contributed by atoms with Crippen LogP contribution < -0.4 is 0 Å². The van der Waals surface area contributed by atoms with Gasteiger partial charge in [-0.3, -0.25) is 5.10 Å². The minimum Gasteiger partial charge on any atom is -0.263 e. The molecule has 0 saturated heterocycles. The van der Waals surface area contributed by atoms with Crippen LogP contribution in [0.15, 0.2) is 12.1 Å². The molecular weight excluding hydrogens is 223 g/mol. The van der Waals surface area contributed by atoms with E-state index in [9.17, 15) is 0 Å². The van der Waals surface area contributed by atoms with Crippen LogP contribution in [0.4, 0.5) is 0 Å². The Bertz CT molecular complexity index is 446. The van der Waals surface area contributed by atoms with Gasteiger partial charge in [0.05, 0.1) is 0 Å². The number of H-pyrrole nitrogens is 1. The van der Waals surface area contributed by atoms with Crippen molar-refractivity contribution in [3.05, 3.63) is 28.3 Å². The molecule has 4 nitrogen and oxygen atoms in total. The number of hydrogen-bond donors (Lipinski definition) is 1. The molecule has 2 aromatic heterocycles. The summed E-state index contributed by atoms with van der Waals surface area (Å²) >= 11 is 11.5. The summed E-state index contributed by atoms with van der Waals surface area (Å²) < 4.78 is 0. The summed E-state index contributed by atoms with van der Waals surface area (Å²) in [6.07, 6.45) is 0. The monoisotopic (exact) mass is 228 g/mol. The van der Waals surface area contributed by atoms with E-state index in [2.05, 4.69) is 20.2 Å². The first-order valence-electron chi connectivity index (χ1n) is 3.87. The van der Waals surface area contributed by atoms with Crippen molar-refractivity contribution in [2.75, 3.05) is 0 Å². The molecule has 0 bridgehead atoms. The van der Waals surface area contributed by atoms with E-state index < -0.39 is 0 Å². The molecule has 0 saturated carbocycles. The van der Waals surface area contributed by atoms with E-state index in [0.29, 0.717) is 16.1 Å². The van der Waals surface area contributed by atoms with Crippen LogP contribution in [0.5, 0.6) is 0 Å². The van der Waals surface area contributed by atoms with Crippen LogP contribution in [-0.2, 0) is 0 Å². The van der Waals surface area contributed by atoms with Gasteiger partial charge in [-0.2, -0.15) is 5.10 Å². The molecule has 1 N–H and O–H groups in total. The third kappa shape index (κ3) is 1.86. The highest BCUT2D eigenvalue weighted by molar-refractivity contribution is 6.32. The van der Waals surface area contributed by atoms with Gasteiger partial charge in [-0.1, -0.05) is 23.2 Å². The summed E-state index contributed by atoms with van der Waals surface area (Å²) in [6.45, 7) is 1.82. The van der Waals surface area contributed by atoms with Crippen molar-refractivity contribution in [2.24, 2.45) is 0 Å². The van der Waals surface area contributed by atoms with Gasteiger partial charge in [0.15, 0.2) is 5.82 Å². The second kappa shape index (κ2) is 3.55. The van der Waals surface area contributed by atoms with Gasteiger partial charge in [-0.05, 0) is 19.1 Å². The van der Waals surface area contributed by atoms with E-state index in [1.54, 1.807) is 12.1 Å². The van der Waals surface area contributed by atoms with E-state index in [-0.39, 0.29) is 0 Å². The zero-order valence-electron chi connectivity index (χ0n) is 7.25. The van der Waals surface area contributed by atoms with E-state index in [4.69, 9.17) is 23.2 Å². The minimum atomic E-state index is 0.329. The molecule has 0 unspecified atom stereocenters. The molecule has 0 aromatic carbocycles. The van der Waals surface area contributed by atoms with Crippen molar-refractivity contribution < 1.29 is 0 Å².